The number of alkyl halides is 2. The third kappa shape index (κ3) is 2.84. The van der Waals surface area contributed by atoms with E-state index in [0.717, 1.165) is 10.9 Å². The van der Waals surface area contributed by atoms with Crippen LogP contribution in [0.25, 0.3) is 0 Å². The second kappa shape index (κ2) is 4.75. The van der Waals surface area contributed by atoms with Crippen molar-refractivity contribution in [1.29, 1.82) is 0 Å². The lowest BCUT2D eigenvalue weighted by molar-refractivity contribution is 0.0989. The minimum atomic E-state index is -2.54. The molecular formula is C6H9ClF2N4O. The molecule has 1 amide bonds. The Morgan fingerprint density at radius 3 is 2.57 bits per heavy atom. The van der Waals surface area contributed by atoms with Crippen LogP contribution in [0.5, 0.6) is 0 Å². The molecule has 1 aromatic rings. The Kier molecular flexibility index (Phi) is 4.29. The number of rotatable bonds is 3. The largest absolute Gasteiger partial charge is 0.396 e. The number of primary amides is 1. The van der Waals surface area contributed by atoms with Gasteiger partial charge in [0.25, 0.3) is 12.3 Å². The predicted octanol–water partition coefficient (Wildman–Crippen LogP) is 0.251. The molecule has 1 rings (SSSR count). The molecule has 0 spiro atoms. The van der Waals surface area contributed by atoms with Crippen LogP contribution in [-0.2, 0) is 6.54 Å². The van der Waals surface area contributed by atoms with E-state index in [4.69, 9.17) is 11.5 Å². The molecule has 0 atom stereocenters. The maximum absolute atomic E-state index is 11.8. The number of anilines is 1. The van der Waals surface area contributed by atoms with Crippen LogP contribution in [0.15, 0.2) is 6.20 Å². The number of nitrogen functional groups attached to an aromatic ring is 1. The molecule has 1 aromatic heterocycles. The zero-order chi connectivity index (χ0) is 10.0. The smallest absolute Gasteiger partial charge is 0.271 e. The van der Waals surface area contributed by atoms with Crippen molar-refractivity contribution in [2.45, 2.75) is 13.0 Å². The van der Waals surface area contributed by atoms with Gasteiger partial charge >= 0.3 is 0 Å². The third-order valence-corrected chi connectivity index (χ3v) is 1.35. The number of amides is 1. The summed E-state index contributed by atoms with van der Waals surface area (Å²) in [6.45, 7) is -0.600. The summed E-state index contributed by atoms with van der Waals surface area (Å²) in [4.78, 5) is 10.6. The van der Waals surface area contributed by atoms with Crippen LogP contribution in [-0.4, -0.2) is 22.1 Å². The van der Waals surface area contributed by atoms with Crippen molar-refractivity contribution in [1.82, 2.24) is 9.78 Å². The van der Waals surface area contributed by atoms with Crippen LogP contribution < -0.4 is 11.5 Å². The quantitative estimate of drug-likeness (QED) is 0.775. The highest BCUT2D eigenvalue weighted by Gasteiger charge is 2.13. The highest BCUT2D eigenvalue weighted by Crippen LogP contribution is 2.09. The maximum Gasteiger partial charge on any atom is 0.271 e. The molecule has 0 aromatic carbocycles. The van der Waals surface area contributed by atoms with Gasteiger partial charge < -0.3 is 11.5 Å². The van der Waals surface area contributed by atoms with Gasteiger partial charge in [-0.1, -0.05) is 0 Å². The van der Waals surface area contributed by atoms with Crippen molar-refractivity contribution >= 4 is 24.0 Å². The van der Waals surface area contributed by atoms with Crippen LogP contribution in [0.3, 0.4) is 0 Å². The summed E-state index contributed by atoms with van der Waals surface area (Å²) in [5.74, 6) is -0.828. The summed E-state index contributed by atoms with van der Waals surface area (Å²) in [5, 5.41) is 3.49. The Bertz CT molecular complexity index is 328. The monoisotopic (exact) mass is 226 g/mol. The van der Waals surface area contributed by atoms with Crippen molar-refractivity contribution in [2.24, 2.45) is 5.73 Å². The summed E-state index contributed by atoms with van der Waals surface area (Å²) < 4.78 is 24.6. The number of nitrogens with zero attached hydrogens (tertiary/aromatic N) is 2. The lowest BCUT2D eigenvalue weighted by Gasteiger charge is -1.97. The molecule has 0 saturated heterocycles. The van der Waals surface area contributed by atoms with Crippen molar-refractivity contribution in [3.63, 3.8) is 0 Å². The van der Waals surface area contributed by atoms with Gasteiger partial charge in [-0.3, -0.25) is 9.48 Å². The van der Waals surface area contributed by atoms with Gasteiger partial charge in [-0.15, -0.1) is 12.4 Å². The van der Waals surface area contributed by atoms with Crippen LogP contribution in [0.1, 0.15) is 10.5 Å². The average molecular weight is 227 g/mol. The number of hydrogen-bond acceptors (Lipinski definition) is 3. The fourth-order valence-corrected chi connectivity index (χ4v) is 0.863. The number of hydrogen-bond donors (Lipinski definition) is 2. The van der Waals surface area contributed by atoms with Gasteiger partial charge in [0.15, 0.2) is 5.69 Å². The summed E-state index contributed by atoms with van der Waals surface area (Å²) in [5.41, 5.74) is 9.99. The Balaban J connectivity index is 0.00000169. The molecule has 8 heteroatoms. The molecule has 5 nitrogen and oxygen atoms in total. The molecule has 0 unspecified atom stereocenters. The SMILES string of the molecule is Cl.NC(=O)c1nn(CC(F)F)cc1N. The van der Waals surface area contributed by atoms with Crippen LogP contribution in [0, 0.1) is 0 Å². The van der Waals surface area contributed by atoms with Crippen molar-refractivity contribution < 1.29 is 13.6 Å². The fourth-order valence-electron chi connectivity index (χ4n) is 0.863. The topological polar surface area (TPSA) is 86.9 Å². The van der Waals surface area contributed by atoms with E-state index in [1.807, 2.05) is 0 Å². The minimum absolute atomic E-state index is 0. The molecule has 0 bridgehead atoms. The van der Waals surface area contributed by atoms with E-state index in [2.05, 4.69) is 5.10 Å². The molecule has 0 aliphatic rings. The van der Waals surface area contributed by atoms with Crippen LogP contribution >= 0.6 is 12.4 Å². The standard InChI is InChI=1S/C6H8F2N4O.ClH/c7-4(8)2-12-1-3(9)5(11-12)6(10)13;/h1,4H,2,9H2,(H2,10,13);1H. The molecule has 0 aliphatic carbocycles. The Morgan fingerprint density at radius 1 is 1.64 bits per heavy atom. The van der Waals surface area contributed by atoms with Gasteiger partial charge in [0, 0.05) is 6.20 Å². The van der Waals surface area contributed by atoms with Crippen molar-refractivity contribution in [2.75, 3.05) is 5.73 Å². The van der Waals surface area contributed by atoms with E-state index in [9.17, 15) is 13.6 Å². The van der Waals surface area contributed by atoms with Gasteiger partial charge in [0.1, 0.15) is 6.54 Å². The highest BCUT2D eigenvalue weighted by molar-refractivity contribution is 5.95. The maximum atomic E-state index is 11.8. The lowest BCUT2D eigenvalue weighted by atomic mass is 10.4. The number of carbonyl (C=O) groups is 1. The van der Waals surface area contributed by atoms with Crippen molar-refractivity contribution in [3.05, 3.63) is 11.9 Å². The first-order valence-electron chi connectivity index (χ1n) is 3.41. The van der Waals surface area contributed by atoms with E-state index in [1.165, 1.54) is 0 Å². The Hall–Kier alpha value is -1.37. The van der Waals surface area contributed by atoms with E-state index in [-0.39, 0.29) is 23.8 Å². The van der Waals surface area contributed by atoms with E-state index < -0.39 is 18.9 Å². The summed E-state index contributed by atoms with van der Waals surface area (Å²) >= 11 is 0. The van der Waals surface area contributed by atoms with Gasteiger partial charge in [-0.05, 0) is 0 Å². The Morgan fingerprint density at radius 2 is 2.21 bits per heavy atom. The van der Waals surface area contributed by atoms with Gasteiger partial charge in [0.05, 0.1) is 5.69 Å². The van der Waals surface area contributed by atoms with Crippen LogP contribution in [0.2, 0.25) is 0 Å². The summed E-state index contributed by atoms with van der Waals surface area (Å²) in [6.07, 6.45) is -1.40. The molecule has 80 valence electrons. The minimum Gasteiger partial charge on any atom is -0.396 e. The number of carbonyl (C=O) groups excluding carboxylic acids is 1. The van der Waals surface area contributed by atoms with Gasteiger partial charge in [-0.2, -0.15) is 5.10 Å². The molecule has 14 heavy (non-hydrogen) atoms. The number of aromatic nitrogens is 2. The van der Waals surface area contributed by atoms with Crippen LogP contribution in [0.4, 0.5) is 14.5 Å². The van der Waals surface area contributed by atoms with Gasteiger partial charge in [0.2, 0.25) is 0 Å². The second-order valence-corrected chi connectivity index (χ2v) is 2.41. The summed E-state index contributed by atoms with van der Waals surface area (Å²) in [6, 6.07) is 0. The second-order valence-electron chi connectivity index (χ2n) is 2.41. The number of nitrogens with two attached hydrogens (primary N) is 2. The van der Waals surface area contributed by atoms with E-state index >= 15 is 0 Å². The molecule has 0 aliphatic heterocycles. The zero-order valence-corrected chi connectivity index (χ0v) is 7.80. The lowest BCUT2D eigenvalue weighted by Crippen LogP contribution is -2.15. The zero-order valence-electron chi connectivity index (χ0n) is 6.98. The average Bonchev–Trinajstić information content (AvgIpc) is 2.29. The normalized spacial score (nSPS) is 9.93. The molecule has 4 N–H and O–H groups in total. The molecule has 0 saturated carbocycles. The highest BCUT2D eigenvalue weighted by atomic mass is 35.5. The molecule has 0 fully saturated rings. The third-order valence-electron chi connectivity index (χ3n) is 1.35. The van der Waals surface area contributed by atoms with Crippen molar-refractivity contribution in [3.8, 4) is 0 Å². The first-order valence-corrected chi connectivity index (χ1v) is 3.41. The summed E-state index contributed by atoms with van der Waals surface area (Å²) in [7, 11) is 0. The first-order chi connectivity index (χ1) is 6.00. The Labute approximate surface area is 84.5 Å². The molecular weight excluding hydrogens is 218 g/mol. The van der Waals surface area contributed by atoms with Gasteiger partial charge in [-0.25, -0.2) is 8.78 Å². The number of halogens is 3. The van der Waals surface area contributed by atoms with E-state index in [1.54, 1.807) is 0 Å². The van der Waals surface area contributed by atoms with E-state index in [0.29, 0.717) is 0 Å². The fraction of sp³-hybridized carbons (Fsp3) is 0.333. The molecule has 1 heterocycles. The molecule has 0 radical (unpaired) electrons. The predicted molar refractivity (Wildman–Crippen MR) is 48.4 cm³/mol. The first kappa shape index (κ1) is 12.6.